The Hall–Kier alpha value is -3.33. The highest BCUT2D eigenvalue weighted by Crippen LogP contribution is 2.25. The molecule has 0 atom stereocenters. The average Bonchev–Trinajstić information content (AvgIpc) is 2.65. The van der Waals surface area contributed by atoms with Gasteiger partial charge in [0.15, 0.2) is 0 Å². The van der Waals surface area contributed by atoms with Gasteiger partial charge in [-0.15, -0.1) is 0 Å². The summed E-state index contributed by atoms with van der Waals surface area (Å²) in [5.74, 6) is -0.163. The number of nitrogens with one attached hydrogen (secondary N) is 2. The summed E-state index contributed by atoms with van der Waals surface area (Å²) in [7, 11) is 0. The smallest absolute Gasteiger partial charge is 0.248 e. The van der Waals surface area contributed by atoms with E-state index in [0.29, 0.717) is 0 Å². The zero-order chi connectivity index (χ0) is 18.4. The van der Waals surface area contributed by atoms with Crippen LogP contribution in [0.2, 0.25) is 0 Å². The standard InChI is InChI=1S/C23H22N2O/c1-17-7-11-19(12-8-17)13-16-23(26)25-22-6-4-3-5-21(22)24-20-14-9-18(2)10-15-20/h3-16,24H,1-2H3,(H,25,26)/b16-13+. The normalized spacial score (nSPS) is 10.7. The molecule has 3 aromatic rings. The summed E-state index contributed by atoms with van der Waals surface area (Å²) in [6, 6.07) is 23.8. The van der Waals surface area contributed by atoms with Gasteiger partial charge in [0.2, 0.25) is 5.91 Å². The van der Waals surface area contributed by atoms with Crippen molar-refractivity contribution in [1.29, 1.82) is 0 Å². The molecule has 26 heavy (non-hydrogen) atoms. The van der Waals surface area contributed by atoms with Crippen molar-refractivity contribution in [3.05, 3.63) is 95.6 Å². The van der Waals surface area contributed by atoms with Gasteiger partial charge in [-0.1, -0.05) is 59.7 Å². The number of amides is 1. The number of hydrogen-bond acceptors (Lipinski definition) is 2. The monoisotopic (exact) mass is 342 g/mol. The van der Waals surface area contributed by atoms with Crippen LogP contribution in [-0.4, -0.2) is 5.91 Å². The summed E-state index contributed by atoms with van der Waals surface area (Å²) in [6.07, 6.45) is 3.36. The van der Waals surface area contributed by atoms with E-state index in [9.17, 15) is 4.79 Å². The summed E-state index contributed by atoms with van der Waals surface area (Å²) in [5.41, 5.74) is 5.98. The molecule has 3 nitrogen and oxygen atoms in total. The first-order chi connectivity index (χ1) is 12.6. The van der Waals surface area contributed by atoms with E-state index in [1.165, 1.54) is 11.1 Å². The number of aryl methyl sites for hydroxylation is 2. The van der Waals surface area contributed by atoms with Crippen LogP contribution in [-0.2, 0) is 4.79 Å². The van der Waals surface area contributed by atoms with E-state index in [2.05, 4.69) is 17.6 Å². The maximum Gasteiger partial charge on any atom is 0.248 e. The van der Waals surface area contributed by atoms with E-state index in [-0.39, 0.29) is 5.91 Å². The van der Waals surface area contributed by atoms with Gasteiger partial charge in [0.05, 0.1) is 11.4 Å². The van der Waals surface area contributed by atoms with Crippen molar-refractivity contribution < 1.29 is 4.79 Å². The molecule has 0 aromatic heterocycles. The fraction of sp³-hybridized carbons (Fsp3) is 0.0870. The number of anilines is 3. The molecule has 0 spiro atoms. The number of rotatable bonds is 5. The predicted molar refractivity (Wildman–Crippen MR) is 110 cm³/mol. The van der Waals surface area contributed by atoms with E-state index in [0.717, 1.165) is 22.6 Å². The van der Waals surface area contributed by atoms with E-state index in [1.54, 1.807) is 6.08 Å². The van der Waals surface area contributed by atoms with Crippen molar-refractivity contribution in [3.63, 3.8) is 0 Å². The fourth-order valence-electron chi connectivity index (χ4n) is 2.52. The highest BCUT2D eigenvalue weighted by molar-refractivity contribution is 6.04. The maximum atomic E-state index is 12.3. The minimum absolute atomic E-state index is 0.163. The van der Waals surface area contributed by atoms with Gasteiger partial charge in [-0.3, -0.25) is 4.79 Å². The second-order valence-corrected chi connectivity index (χ2v) is 6.27. The van der Waals surface area contributed by atoms with Gasteiger partial charge in [0.1, 0.15) is 0 Å². The van der Waals surface area contributed by atoms with Gasteiger partial charge in [-0.25, -0.2) is 0 Å². The molecule has 0 saturated carbocycles. The Labute approximate surface area is 154 Å². The summed E-state index contributed by atoms with van der Waals surface area (Å²) in [5, 5.41) is 6.28. The topological polar surface area (TPSA) is 41.1 Å². The number of carbonyl (C=O) groups is 1. The number of carbonyl (C=O) groups excluding carboxylic acids is 1. The first kappa shape index (κ1) is 17.5. The van der Waals surface area contributed by atoms with Crippen molar-refractivity contribution in [2.75, 3.05) is 10.6 Å². The Bertz CT molecular complexity index is 910. The summed E-state index contributed by atoms with van der Waals surface area (Å²) in [4.78, 5) is 12.3. The zero-order valence-electron chi connectivity index (χ0n) is 15.0. The maximum absolute atomic E-state index is 12.3. The van der Waals surface area contributed by atoms with E-state index < -0.39 is 0 Å². The van der Waals surface area contributed by atoms with E-state index in [4.69, 9.17) is 0 Å². The Morgan fingerprint density at radius 2 is 1.35 bits per heavy atom. The minimum Gasteiger partial charge on any atom is -0.354 e. The summed E-state index contributed by atoms with van der Waals surface area (Å²) >= 11 is 0. The molecule has 0 unspecified atom stereocenters. The van der Waals surface area contributed by atoms with Crippen LogP contribution in [0, 0.1) is 13.8 Å². The SMILES string of the molecule is Cc1ccc(/C=C/C(=O)Nc2ccccc2Nc2ccc(C)cc2)cc1. The van der Waals surface area contributed by atoms with Crippen LogP contribution in [0.5, 0.6) is 0 Å². The molecule has 3 aromatic carbocycles. The van der Waals surface area contributed by atoms with Crippen LogP contribution in [0.25, 0.3) is 6.08 Å². The lowest BCUT2D eigenvalue weighted by molar-refractivity contribution is -0.111. The van der Waals surface area contributed by atoms with Crippen LogP contribution in [0.3, 0.4) is 0 Å². The molecule has 0 saturated heterocycles. The Kier molecular flexibility index (Phi) is 5.49. The first-order valence-electron chi connectivity index (χ1n) is 8.58. The molecule has 0 heterocycles. The summed E-state index contributed by atoms with van der Waals surface area (Å²) in [6.45, 7) is 4.09. The number of hydrogen-bond donors (Lipinski definition) is 2. The van der Waals surface area contributed by atoms with Crippen LogP contribution >= 0.6 is 0 Å². The number of benzene rings is 3. The molecular formula is C23H22N2O. The Morgan fingerprint density at radius 3 is 2.00 bits per heavy atom. The van der Waals surface area contributed by atoms with E-state index >= 15 is 0 Å². The molecule has 0 aliphatic rings. The highest BCUT2D eigenvalue weighted by Gasteiger charge is 2.05. The Balaban J connectivity index is 1.70. The molecule has 0 radical (unpaired) electrons. The van der Waals surface area contributed by atoms with Gasteiger partial charge in [-0.2, -0.15) is 0 Å². The third kappa shape index (κ3) is 4.84. The molecule has 130 valence electrons. The minimum atomic E-state index is -0.163. The molecule has 0 aliphatic carbocycles. The molecule has 0 aliphatic heterocycles. The molecule has 0 fully saturated rings. The molecule has 3 heteroatoms. The van der Waals surface area contributed by atoms with Gasteiger partial charge in [0, 0.05) is 11.8 Å². The van der Waals surface area contributed by atoms with Gasteiger partial charge in [-0.05, 0) is 49.8 Å². The molecule has 0 bridgehead atoms. The molecule has 2 N–H and O–H groups in total. The lowest BCUT2D eigenvalue weighted by Crippen LogP contribution is -2.09. The third-order valence-corrected chi connectivity index (χ3v) is 4.02. The van der Waals surface area contributed by atoms with E-state index in [1.807, 2.05) is 85.8 Å². The first-order valence-corrected chi connectivity index (χ1v) is 8.58. The Morgan fingerprint density at radius 1 is 0.769 bits per heavy atom. The van der Waals surface area contributed by atoms with Gasteiger partial charge in [0.25, 0.3) is 0 Å². The number of para-hydroxylation sites is 2. The van der Waals surface area contributed by atoms with Crippen molar-refractivity contribution >= 4 is 29.0 Å². The molecular weight excluding hydrogens is 320 g/mol. The average molecular weight is 342 g/mol. The van der Waals surface area contributed by atoms with Crippen molar-refractivity contribution in [2.45, 2.75) is 13.8 Å². The van der Waals surface area contributed by atoms with Gasteiger partial charge < -0.3 is 10.6 Å². The summed E-state index contributed by atoms with van der Waals surface area (Å²) < 4.78 is 0. The van der Waals surface area contributed by atoms with Crippen LogP contribution < -0.4 is 10.6 Å². The van der Waals surface area contributed by atoms with Crippen LogP contribution in [0.15, 0.2) is 78.9 Å². The largest absolute Gasteiger partial charge is 0.354 e. The second kappa shape index (κ2) is 8.17. The lowest BCUT2D eigenvalue weighted by Gasteiger charge is -2.12. The highest BCUT2D eigenvalue weighted by atomic mass is 16.1. The zero-order valence-corrected chi connectivity index (χ0v) is 15.0. The molecule has 3 rings (SSSR count). The molecule has 1 amide bonds. The third-order valence-electron chi connectivity index (χ3n) is 4.02. The van der Waals surface area contributed by atoms with Crippen molar-refractivity contribution in [2.24, 2.45) is 0 Å². The predicted octanol–water partition coefficient (Wildman–Crippen LogP) is 5.70. The second-order valence-electron chi connectivity index (χ2n) is 6.27. The van der Waals surface area contributed by atoms with Crippen LogP contribution in [0.1, 0.15) is 16.7 Å². The lowest BCUT2D eigenvalue weighted by atomic mass is 10.1. The van der Waals surface area contributed by atoms with Crippen molar-refractivity contribution in [3.8, 4) is 0 Å². The van der Waals surface area contributed by atoms with Gasteiger partial charge >= 0.3 is 0 Å². The van der Waals surface area contributed by atoms with Crippen molar-refractivity contribution in [1.82, 2.24) is 0 Å². The van der Waals surface area contributed by atoms with Crippen LogP contribution in [0.4, 0.5) is 17.1 Å². The quantitative estimate of drug-likeness (QED) is 0.584. The fourth-order valence-corrected chi connectivity index (χ4v) is 2.52.